The monoisotopic (exact) mass is 348 g/mol. The molecular weight excluding hydrogens is 312 g/mol. The minimum atomic E-state index is -0.925. The number of carbonyl (C=O) groups is 2. The lowest BCUT2D eigenvalue weighted by Crippen LogP contribution is -2.21. The van der Waals surface area contributed by atoms with Gasteiger partial charge in [-0.25, -0.2) is 0 Å². The van der Waals surface area contributed by atoms with Crippen molar-refractivity contribution in [2.45, 2.75) is 91.3 Å². The lowest BCUT2D eigenvalue weighted by molar-refractivity contribution is -0.140. The topological polar surface area (TPSA) is 115 Å². The molecule has 0 aliphatic heterocycles. The molecule has 24 heavy (non-hydrogen) atoms. The summed E-state index contributed by atoms with van der Waals surface area (Å²) in [5.41, 5.74) is 0. The number of rotatable bonds is 12. The summed E-state index contributed by atoms with van der Waals surface area (Å²) < 4.78 is 0. The summed E-state index contributed by atoms with van der Waals surface area (Å²) in [5, 5.41) is 35.3. The highest BCUT2D eigenvalue weighted by Crippen LogP contribution is 2.15. The number of hydrogen-bond acceptors (Lipinski definition) is 4. The third-order valence-electron chi connectivity index (χ3n) is 3.92. The molecule has 4 atom stereocenters. The fourth-order valence-corrected chi connectivity index (χ4v) is 2.46. The Morgan fingerprint density at radius 2 is 1.42 bits per heavy atom. The van der Waals surface area contributed by atoms with Gasteiger partial charge in [0.1, 0.15) is 0 Å². The molecule has 0 aliphatic carbocycles. The van der Waals surface area contributed by atoms with Gasteiger partial charge in [0.2, 0.25) is 0 Å². The fraction of sp³-hybridized carbons (Fsp3) is 0.889. The van der Waals surface area contributed by atoms with Gasteiger partial charge in [0.05, 0.1) is 25.0 Å². The first-order valence-electron chi connectivity index (χ1n) is 8.93. The molecular formula is C18H36O6. The number of unbranched alkanes of at least 4 members (excludes halogenated alkanes) is 1. The Morgan fingerprint density at radius 3 is 1.83 bits per heavy atom. The van der Waals surface area contributed by atoms with E-state index in [4.69, 9.17) is 10.2 Å². The van der Waals surface area contributed by atoms with Crippen molar-refractivity contribution in [3.05, 3.63) is 0 Å². The standard InChI is InChI=1S/2C9H18O3/c1-3-4-7(2)5-8(10)6-9(11)12;1-3-4-5-7(2)8(10)6-9(11)12/h2*7-8,10H,3-6H2,1-2H3,(H,11,12)/t2*7?,8-/m11/s1. The lowest BCUT2D eigenvalue weighted by atomic mass is 9.96. The Morgan fingerprint density at radius 1 is 0.875 bits per heavy atom. The van der Waals surface area contributed by atoms with Gasteiger partial charge >= 0.3 is 11.9 Å². The van der Waals surface area contributed by atoms with E-state index in [1.165, 1.54) is 0 Å². The van der Waals surface area contributed by atoms with E-state index in [0.29, 0.717) is 12.3 Å². The summed E-state index contributed by atoms with van der Waals surface area (Å²) >= 11 is 0. The molecule has 0 aliphatic rings. The van der Waals surface area contributed by atoms with Crippen LogP contribution in [0.25, 0.3) is 0 Å². The molecule has 0 radical (unpaired) electrons. The van der Waals surface area contributed by atoms with Crippen molar-refractivity contribution in [3.63, 3.8) is 0 Å². The van der Waals surface area contributed by atoms with Crippen LogP contribution in [0.4, 0.5) is 0 Å². The Hall–Kier alpha value is -1.14. The normalized spacial score (nSPS) is 15.6. The Labute approximate surface area is 145 Å². The van der Waals surface area contributed by atoms with E-state index in [1.54, 1.807) is 0 Å². The van der Waals surface area contributed by atoms with E-state index in [-0.39, 0.29) is 18.8 Å². The molecule has 6 nitrogen and oxygen atoms in total. The van der Waals surface area contributed by atoms with Crippen molar-refractivity contribution in [3.8, 4) is 0 Å². The first-order valence-corrected chi connectivity index (χ1v) is 8.93. The van der Waals surface area contributed by atoms with Crippen LogP contribution in [0.1, 0.15) is 79.1 Å². The molecule has 0 heterocycles. The number of carboxylic acids is 2. The molecule has 0 bridgehead atoms. The van der Waals surface area contributed by atoms with Crippen molar-refractivity contribution in [1.82, 2.24) is 0 Å². The molecule has 0 spiro atoms. The van der Waals surface area contributed by atoms with Crippen LogP contribution in [0, 0.1) is 11.8 Å². The van der Waals surface area contributed by atoms with Crippen LogP contribution in [0.5, 0.6) is 0 Å². The van der Waals surface area contributed by atoms with Gasteiger partial charge in [-0.3, -0.25) is 9.59 Å². The maximum Gasteiger partial charge on any atom is 0.305 e. The van der Waals surface area contributed by atoms with Crippen molar-refractivity contribution in [2.75, 3.05) is 0 Å². The summed E-state index contributed by atoms with van der Waals surface area (Å²) in [6.45, 7) is 8.09. The largest absolute Gasteiger partial charge is 0.481 e. The van der Waals surface area contributed by atoms with Crippen LogP contribution in [-0.4, -0.2) is 44.6 Å². The molecule has 0 aromatic rings. The lowest BCUT2D eigenvalue weighted by Gasteiger charge is -2.16. The predicted molar refractivity (Wildman–Crippen MR) is 93.9 cm³/mol. The van der Waals surface area contributed by atoms with Gasteiger partial charge < -0.3 is 20.4 Å². The van der Waals surface area contributed by atoms with Crippen LogP contribution < -0.4 is 0 Å². The fourth-order valence-electron chi connectivity index (χ4n) is 2.46. The van der Waals surface area contributed by atoms with E-state index in [0.717, 1.165) is 32.1 Å². The van der Waals surface area contributed by atoms with Gasteiger partial charge in [-0.2, -0.15) is 0 Å². The Kier molecular flexibility index (Phi) is 16.1. The van der Waals surface area contributed by atoms with Gasteiger partial charge in [0, 0.05) is 0 Å². The minimum Gasteiger partial charge on any atom is -0.481 e. The van der Waals surface area contributed by atoms with Crippen molar-refractivity contribution in [2.24, 2.45) is 11.8 Å². The summed E-state index contributed by atoms with van der Waals surface area (Å²) in [4.78, 5) is 20.4. The molecule has 6 heteroatoms. The number of aliphatic carboxylic acids is 2. The smallest absolute Gasteiger partial charge is 0.305 e. The van der Waals surface area contributed by atoms with E-state index < -0.39 is 24.1 Å². The first kappa shape index (κ1) is 25.1. The highest BCUT2D eigenvalue weighted by Gasteiger charge is 2.16. The second kappa shape index (κ2) is 15.4. The van der Waals surface area contributed by atoms with Gasteiger partial charge in [0.15, 0.2) is 0 Å². The summed E-state index contributed by atoms with van der Waals surface area (Å²) in [5.74, 6) is -1.33. The summed E-state index contributed by atoms with van der Waals surface area (Å²) in [6.07, 6.45) is 4.15. The maximum atomic E-state index is 10.2. The van der Waals surface area contributed by atoms with Gasteiger partial charge in [-0.1, -0.05) is 53.4 Å². The zero-order chi connectivity index (χ0) is 19.1. The second-order valence-electron chi connectivity index (χ2n) is 6.67. The van der Waals surface area contributed by atoms with E-state index in [1.807, 2.05) is 13.8 Å². The molecule has 0 saturated carbocycles. The average Bonchev–Trinajstić information content (AvgIpc) is 2.43. The number of aliphatic hydroxyl groups is 2. The van der Waals surface area contributed by atoms with Crippen LogP contribution in [-0.2, 0) is 9.59 Å². The highest BCUT2D eigenvalue weighted by molar-refractivity contribution is 5.67. The summed E-state index contributed by atoms with van der Waals surface area (Å²) in [6, 6.07) is 0. The molecule has 0 saturated heterocycles. The van der Waals surface area contributed by atoms with Crippen molar-refractivity contribution < 1.29 is 30.0 Å². The van der Waals surface area contributed by atoms with Gasteiger partial charge in [-0.15, -0.1) is 0 Å². The van der Waals surface area contributed by atoms with E-state index in [2.05, 4.69) is 13.8 Å². The SMILES string of the molecule is CCCC(C)C[C@@H](O)CC(=O)O.CCCCC(C)[C@H](O)CC(=O)O. The predicted octanol–water partition coefficient (Wildman–Crippen LogP) is 3.30. The zero-order valence-electron chi connectivity index (χ0n) is 15.6. The Bertz CT molecular complexity index is 331. The number of hydrogen-bond donors (Lipinski definition) is 4. The Balaban J connectivity index is 0. The van der Waals surface area contributed by atoms with E-state index >= 15 is 0 Å². The van der Waals surface area contributed by atoms with Crippen LogP contribution in [0.15, 0.2) is 0 Å². The van der Waals surface area contributed by atoms with E-state index in [9.17, 15) is 19.8 Å². The second-order valence-corrected chi connectivity index (χ2v) is 6.67. The van der Waals surface area contributed by atoms with Crippen LogP contribution in [0.2, 0.25) is 0 Å². The zero-order valence-corrected chi connectivity index (χ0v) is 15.6. The molecule has 4 N–H and O–H groups in total. The molecule has 144 valence electrons. The van der Waals surface area contributed by atoms with Crippen LogP contribution in [0.3, 0.4) is 0 Å². The molecule has 0 aromatic heterocycles. The average molecular weight is 348 g/mol. The maximum absolute atomic E-state index is 10.2. The summed E-state index contributed by atoms with van der Waals surface area (Å²) in [7, 11) is 0. The van der Waals surface area contributed by atoms with Gasteiger partial charge in [-0.05, 0) is 24.7 Å². The van der Waals surface area contributed by atoms with Gasteiger partial charge in [0.25, 0.3) is 0 Å². The first-order chi connectivity index (χ1) is 11.1. The van der Waals surface area contributed by atoms with Crippen LogP contribution >= 0.6 is 0 Å². The highest BCUT2D eigenvalue weighted by atomic mass is 16.4. The van der Waals surface area contributed by atoms with Crippen molar-refractivity contribution in [1.29, 1.82) is 0 Å². The third kappa shape index (κ3) is 17.2. The third-order valence-corrected chi connectivity index (χ3v) is 3.92. The molecule has 0 aromatic carbocycles. The number of aliphatic hydroxyl groups excluding tert-OH is 2. The molecule has 2 unspecified atom stereocenters. The molecule has 0 fully saturated rings. The van der Waals surface area contributed by atoms with Crippen molar-refractivity contribution >= 4 is 11.9 Å². The quantitative estimate of drug-likeness (QED) is 0.430. The molecule has 0 rings (SSSR count). The molecule has 0 amide bonds. The minimum absolute atomic E-state index is 0.0982. The number of carboxylic acid groups (broad SMARTS) is 2.